The number of amides is 1. The normalized spacial score (nSPS) is 22.8. The lowest BCUT2D eigenvalue weighted by atomic mass is 9.64. The van der Waals surface area contributed by atoms with Gasteiger partial charge in [-0.2, -0.15) is 0 Å². The monoisotopic (exact) mass is 385 g/mol. The molecule has 1 aliphatic heterocycles. The maximum Gasteiger partial charge on any atom is 0.410 e. The Morgan fingerprint density at radius 3 is 2.32 bits per heavy atom. The van der Waals surface area contributed by atoms with Crippen molar-refractivity contribution in [1.29, 1.82) is 0 Å². The summed E-state index contributed by atoms with van der Waals surface area (Å²) in [5.74, 6) is 1.25. The van der Waals surface area contributed by atoms with Crippen LogP contribution in [0, 0.1) is 16.7 Å². The zero-order valence-corrected chi connectivity index (χ0v) is 19.0. The molecule has 0 radical (unpaired) electrons. The first-order chi connectivity index (χ1) is 12.9. The van der Waals surface area contributed by atoms with E-state index in [0.717, 1.165) is 32.4 Å². The number of fused-ring (bicyclic) bond motifs is 1. The van der Waals surface area contributed by atoms with Crippen LogP contribution in [0.4, 0.5) is 4.79 Å². The molecular formula is C25H39NO2. The lowest BCUT2D eigenvalue weighted by Crippen LogP contribution is -2.46. The standard InChI is InChI=1S/C25H39NO2/c1-18(23(2,3)4)16-21-20-11-9-8-10-19(20)17-25(21)12-14-26(15-13-25)22(27)28-24(5,6)7/h8-11,18,21H,12-17H2,1-7H3. The number of rotatable bonds is 2. The third kappa shape index (κ3) is 4.39. The van der Waals surface area contributed by atoms with Crippen molar-refractivity contribution in [3.8, 4) is 0 Å². The second-order valence-corrected chi connectivity index (χ2v) is 11.3. The topological polar surface area (TPSA) is 29.5 Å². The molecule has 1 fully saturated rings. The van der Waals surface area contributed by atoms with Crippen molar-refractivity contribution in [2.45, 2.75) is 85.7 Å². The number of ether oxygens (including phenoxy) is 1. The van der Waals surface area contributed by atoms with Crippen molar-refractivity contribution >= 4 is 6.09 Å². The van der Waals surface area contributed by atoms with Crippen molar-refractivity contribution in [3.63, 3.8) is 0 Å². The van der Waals surface area contributed by atoms with Gasteiger partial charge in [-0.1, -0.05) is 52.0 Å². The predicted molar refractivity (Wildman–Crippen MR) is 116 cm³/mol. The molecule has 1 amide bonds. The molecule has 1 saturated heterocycles. The second-order valence-electron chi connectivity index (χ2n) is 11.3. The summed E-state index contributed by atoms with van der Waals surface area (Å²) < 4.78 is 5.61. The summed E-state index contributed by atoms with van der Waals surface area (Å²) in [6, 6.07) is 9.05. The number of piperidine rings is 1. The molecule has 28 heavy (non-hydrogen) atoms. The van der Waals surface area contributed by atoms with E-state index in [1.807, 2.05) is 25.7 Å². The molecule has 0 aromatic heterocycles. The maximum atomic E-state index is 12.5. The molecule has 1 aromatic rings. The van der Waals surface area contributed by atoms with Crippen LogP contribution >= 0.6 is 0 Å². The fourth-order valence-electron chi connectivity index (χ4n) is 4.94. The van der Waals surface area contributed by atoms with Gasteiger partial charge in [-0.3, -0.25) is 0 Å². The van der Waals surface area contributed by atoms with Crippen molar-refractivity contribution in [2.75, 3.05) is 13.1 Å². The quantitative estimate of drug-likeness (QED) is 0.588. The molecule has 3 nitrogen and oxygen atoms in total. The van der Waals surface area contributed by atoms with Gasteiger partial charge in [-0.15, -0.1) is 0 Å². The number of likely N-dealkylation sites (tertiary alicyclic amines) is 1. The molecule has 0 N–H and O–H groups in total. The van der Waals surface area contributed by atoms with Gasteiger partial charge in [-0.05, 0) is 80.2 Å². The van der Waals surface area contributed by atoms with E-state index in [9.17, 15) is 4.79 Å². The van der Waals surface area contributed by atoms with E-state index in [1.54, 1.807) is 5.56 Å². The van der Waals surface area contributed by atoms with E-state index in [1.165, 1.54) is 12.0 Å². The highest BCUT2D eigenvalue weighted by molar-refractivity contribution is 5.68. The summed E-state index contributed by atoms with van der Waals surface area (Å²) in [6.07, 6.45) is 4.38. The first-order valence-corrected chi connectivity index (χ1v) is 11.0. The second kappa shape index (κ2) is 7.39. The number of hydrogen-bond donors (Lipinski definition) is 0. The third-order valence-electron chi connectivity index (χ3n) is 7.19. The Morgan fingerprint density at radius 2 is 1.75 bits per heavy atom. The Hall–Kier alpha value is -1.51. The highest BCUT2D eigenvalue weighted by atomic mass is 16.6. The molecule has 2 aliphatic rings. The van der Waals surface area contributed by atoms with Crippen LogP contribution in [-0.4, -0.2) is 29.7 Å². The highest BCUT2D eigenvalue weighted by Gasteiger charge is 2.48. The molecule has 3 heteroatoms. The molecule has 1 aliphatic carbocycles. The molecule has 0 bridgehead atoms. The van der Waals surface area contributed by atoms with Gasteiger partial charge in [0.05, 0.1) is 0 Å². The minimum absolute atomic E-state index is 0.155. The van der Waals surface area contributed by atoms with Crippen LogP contribution in [0.15, 0.2) is 24.3 Å². The number of carbonyl (C=O) groups excluding carboxylic acids is 1. The van der Waals surface area contributed by atoms with Gasteiger partial charge in [0.2, 0.25) is 0 Å². The average Bonchev–Trinajstić information content (AvgIpc) is 2.86. The average molecular weight is 386 g/mol. The van der Waals surface area contributed by atoms with Gasteiger partial charge < -0.3 is 9.64 Å². The number of benzene rings is 1. The van der Waals surface area contributed by atoms with E-state index in [-0.39, 0.29) is 6.09 Å². The van der Waals surface area contributed by atoms with E-state index >= 15 is 0 Å². The van der Waals surface area contributed by atoms with Crippen molar-refractivity contribution in [2.24, 2.45) is 16.7 Å². The van der Waals surface area contributed by atoms with Crippen LogP contribution in [0.2, 0.25) is 0 Å². The molecule has 1 heterocycles. The minimum Gasteiger partial charge on any atom is -0.444 e. The van der Waals surface area contributed by atoms with Gasteiger partial charge in [0.25, 0.3) is 0 Å². The lowest BCUT2D eigenvalue weighted by Gasteiger charge is -2.45. The van der Waals surface area contributed by atoms with E-state index in [2.05, 4.69) is 52.0 Å². The van der Waals surface area contributed by atoms with Gasteiger partial charge in [0.1, 0.15) is 5.60 Å². The van der Waals surface area contributed by atoms with Gasteiger partial charge in [0, 0.05) is 13.1 Å². The molecule has 1 aromatic carbocycles. The summed E-state index contributed by atoms with van der Waals surface area (Å²) in [5, 5.41) is 0. The third-order valence-corrected chi connectivity index (χ3v) is 7.19. The summed E-state index contributed by atoms with van der Waals surface area (Å²) in [4.78, 5) is 14.5. The fraction of sp³-hybridized carbons (Fsp3) is 0.720. The zero-order chi connectivity index (χ0) is 20.7. The predicted octanol–water partition coefficient (Wildman–Crippen LogP) is 6.42. The first kappa shape index (κ1) is 21.2. The molecule has 2 atom stereocenters. The summed E-state index contributed by atoms with van der Waals surface area (Å²) in [6.45, 7) is 16.9. The Kier molecular flexibility index (Phi) is 5.59. The Balaban J connectivity index is 1.78. The van der Waals surface area contributed by atoms with Crippen LogP contribution in [0.1, 0.15) is 84.8 Å². The first-order valence-electron chi connectivity index (χ1n) is 11.0. The maximum absolute atomic E-state index is 12.5. The number of hydrogen-bond acceptors (Lipinski definition) is 2. The largest absolute Gasteiger partial charge is 0.444 e. The fourth-order valence-corrected chi connectivity index (χ4v) is 4.94. The van der Waals surface area contributed by atoms with Crippen LogP contribution in [0.25, 0.3) is 0 Å². The van der Waals surface area contributed by atoms with Gasteiger partial charge >= 0.3 is 6.09 Å². The SMILES string of the molecule is CC(CC1c2ccccc2CC12CCN(C(=O)OC(C)(C)C)CC2)C(C)(C)C. The number of nitrogens with zero attached hydrogens (tertiary/aromatic N) is 1. The molecular weight excluding hydrogens is 346 g/mol. The summed E-state index contributed by atoms with van der Waals surface area (Å²) >= 11 is 0. The smallest absolute Gasteiger partial charge is 0.410 e. The molecule has 0 saturated carbocycles. The highest BCUT2D eigenvalue weighted by Crippen LogP contribution is 2.56. The molecule has 1 spiro atoms. The number of carbonyl (C=O) groups is 1. The Labute approximate surface area is 171 Å². The van der Waals surface area contributed by atoms with Crippen LogP contribution in [0.3, 0.4) is 0 Å². The van der Waals surface area contributed by atoms with Crippen molar-refractivity contribution in [1.82, 2.24) is 4.90 Å². The lowest BCUT2D eigenvalue weighted by molar-refractivity contribution is 0.00580. The van der Waals surface area contributed by atoms with Crippen LogP contribution in [-0.2, 0) is 11.2 Å². The van der Waals surface area contributed by atoms with Crippen molar-refractivity contribution < 1.29 is 9.53 Å². The molecule has 3 rings (SSSR count). The van der Waals surface area contributed by atoms with Crippen molar-refractivity contribution in [3.05, 3.63) is 35.4 Å². The van der Waals surface area contributed by atoms with Gasteiger partial charge in [0.15, 0.2) is 0 Å². The molecule has 2 unspecified atom stereocenters. The Morgan fingerprint density at radius 1 is 1.14 bits per heavy atom. The minimum atomic E-state index is -0.430. The van der Waals surface area contributed by atoms with E-state index in [0.29, 0.717) is 22.7 Å². The van der Waals surface area contributed by atoms with E-state index < -0.39 is 5.60 Å². The zero-order valence-electron chi connectivity index (χ0n) is 19.0. The molecule has 156 valence electrons. The van der Waals surface area contributed by atoms with Crippen LogP contribution in [0.5, 0.6) is 0 Å². The summed E-state index contributed by atoms with van der Waals surface area (Å²) in [5.41, 5.74) is 3.27. The summed E-state index contributed by atoms with van der Waals surface area (Å²) in [7, 11) is 0. The van der Waals surface area contributed by atoms with E-state index in [4.69, 9.17) is 4.74 Å². The van der Waals surface area contributed by atoms with Gasteiger partial charge in [-0.25, -0.2) is 4.79 Å². The Bertz CT molecular complexity index is 702. The van der Waals surface area contributed by atoms with Crippen LogP contribution < -0.4 is 0 Å².